The summed E-state index contributed by atoms with van der Waals surface area (Å²) in [6, 6.07) is -1.06. The Balaban J connectivity index is 2.62. The van der Waals surface area contributed by atoms with Crippen LogP contribution in [0, 0.1) is 0 Å². The largest absolute Gasteiger partial charge is 0.454 e. The Labute approximate surface area is 495 Å². The van der Waals surface area contributed by atoms with Crippen molar-refractivity contribution < 1.29 is 49.3 Å². The minimum Gasteiger partial charge on any atom is -0.454 e. The average Bonchev–Trinajstić information content (AvgIpc) is 3.50. The number of aliphatic hydroxyl groups excluding tert-OH is 5. The first-order chi connectivity index (χ1) is 39.7. The van der Waals surface area contributed by atoms with E-state index in [4.69, 9.17) is 14.2 Å². The van der Waals surface area contributed by atoms with Gasteiger partial charge in [-0.05, 0) is 103 Å². The third kappa shape index (κ3) is 44.7. The summed E-state index contributed by atoms with van der Waals surface area (Å²) in [5, 5.41) is 56.9. The van der Waals surface area contributed by atoms with Gasteiger partial charge in [0.15, 0.2) is 12.4 Å². The minimum atomic E-state index is -1.63. The van der Waals surface area contributed by atoms with Gasteiger partial charge in [-0.25, -0.2) is 0 Å². The molecule has 1 saturated heterocycles. The van der Waals surface area contributed by atoms with Gasteiger partial charge in [0.25, 0.3) is 0 Å². The Bertz CT molecular complexity index is 1690. The first-order valence-electron chi connectivity index (χ1n) is 33.0. The molecule has 0 aromatic rings. The molecule has 1 aliphatic heterocycles. The molecule has 1 fully saturated rings. The van der Waals surface area contributed by atoms with E-state index in [1.807, 2.05) is 18.2 Å². The Morgan fingerprint density at radius 1 is 0.481 bits per heavy atom. The van der Waals surface area contributed by atoms with Crippen LogP contribution in [-0.2, 0) is 23.8 Å². The molecule has 6 N–H and O–H groups in total. The lowest BCUT2D eigenvalue weighted by atomic mass is 9.99. The highest BCUT2D eigenvalue weighted by Crippen LogP contribution is 2.26. The van der Waals surface area contributed by atoms with E-state index < -0.39 is 67.4 Å². The van der Waals surface area contributed by atoms with Gasteiger partial charge >= 0.3 is 5.97 Å². The average molecular weight is 1140 g/mol. The summed E-state index contributed by atoms with van der Waals surface area (Å²) < 4.78 is 17.6. The van der Waals surface area contributed by atoms with Crippen LogP contribution in [0.2, 0.25) is 0 Å². The molecular weight excluding hydrogens is 1010 g/mol. The molecule has 1 heterocycles. The van der Waals surface area contributed by atoms with Gasteiger partial charge in [0, 0.05) is 6.42 Å². The van der Waals surface area contributed by atoms with Gasteiger partial charge in [-0.3, -0.25) is 9.59 Å². The molecular formula is C70H121NO10. The lowest BCUT2D eigenvalue weighted by Gasteiger charge is -2.41. The van der Waals surface area contributed by atoms with Gasteiger partial charge in [0.2, 0.25) is 5.91 Å². The number of nitrogens with one attached hydrogen (secondary N) is 1. The van der Waals surface area contributed by atoms with E-state index in [1.165, 1.54) is 135 Å². The minimum absolute atomic E-state index is 0.111. The number of esters is 1. The summed E-state index contributed by atoms with van der Waals surface area (Å²) in [6.07, 6.45) is 66.0. The number of hydrogen-bond donors (Lipinski definition) is 6. The fraction of sp³-hybridized carbons (Fsp3) is 0.743. The molecule has 8 unspecified atom stereocenters. The lowest BCUT2D eigenvalue weighted by molar-refractivity contribution is -0.305. The summed E-state index contributed by atoms with van der Waals surface area (Å²) in [6.45, 7) is 5.69. The van der Waals surface area contributed by atoms with Crippen molar-refractivity contribution in [1.29, 1.82) is 0 Å². The summed E-state index contributed by atoms with van der Waals surface area (Å²) in [5.74, 6) is -1.26. The summed E-state index contributed by atoms with van der Waals surface area (Å²) in [5.41, 5.74) is 0. The molecule has 1 rings (SSSR count). The monoisotopic (exact) mass is 1140 g/mol. The standard InChI is InChI=1S/C70H121NO10/c1-4-7-10-13-16-19-22-24-26-28-29-30-31-32-33-34-35-36-38-40-43-46-49-52-55-58-65(75)81-68-67(77)66(76)64(59-72)80-70(68)79-60-61(62(73)56-53-50-47-44-41-21-18-15-12-9-6-3)71-69(78)63(74)57-54-51-48-45-42-39-37-27-25-23-20-17-14-11-8-5-2/h16-17,19-20,24-27,29-30,39,42,48,51,53,56,61-64,66-68,70,72-74,76-77H,4-15,18,21-23,28,31-38,40-41,43-47,49-50,52,54-55,57-60H2,1-3H3,(H,71,78)/b19-16-,20-17-,26-24-,27-25-,30-29-,42-39-,51-48-,56-53+. The van der Waals surface area contributed by atoms with Crippen molar-refractivity contribution in [3.05, 3.63) is 97.2 Å². The number of aliphatic hydroxyl groups is 5. The Morgan fingerprint density at radius 3 is 1.30 bits per heavy atom. The second kappa shape index (κ2) is 57.0. The molecule has 0 aromatic heterocycles. The summed E-state index contributed by atoms with van der Waals surface area (Å²) >= 11 is 0. The molecule has 0 spiro atoms. The van der Waals surface area contributed by atoms with Crippen LogP contribution in [-0.4, -0.2) is 99.6 Å². The number of hydrogen-bond acceptors (Lipinski definition) is 10. The number of rotatable bonds is 55. The molecule has 0 aromatic carbocycles. The number of carbonyl (C=O) groups is 2. The maximum atomic E-state index is 13.4. The van der Waals surface area contributed by atoms with Gasteiger partial charge in [0.05, 0.1) is 25.4 Å². The van der Waals surface area contributed by atoms with E-state index in [0.29, 0.717) is 12.8 Å². The van der Waals surface area contributed by atoms with Crippen molar-refractivity contribution in [2.75, 3.05) is 13.2 Å². The quantitative estimate of drug-likeness (QED) is 0.0195. The molecule has 0 radical (unpaired) electrons. The predicted octanol–water partition coefficient (Wildman–Crippen LogP) is 16.3. The third-order valence-corrected chi connectivity index (χ3v) is 15.0. The highest BCUT2D eigenvalue weighted by atomic mass is 16.7. The second-order valence-corrected chi connectivity index (χ2v) is 22.5. The van der Waals surface area contributed by atoms with Crippen molar-refractivity contribution >= 4 is 11.9 Å². The van der Waals surface area contributed by atoms with Gasteiger partial charge in [-0.1, -0.05) is 259 Å². The van der Waals surface area contributed by atoms with Crippen LogP contribution in [0.3, 0.4) is 0 Å². The predicted molar refractivity (Wildman–Crippen MR) is 338 cm³/mol. The van der Waals surface area contributed by atoms with Gasteiger partial charge in [0.1, 0.15) is 24.4 Å². The molecule has 8 atom stereocenters. The first kappa shape index (κ1) is 75.6. The zero-order valence-electron chi connectivity index (χ0n) is 51.6. The van der Waals surface area contributed by atoms with Gasteiger partial charge in [-0.15, -0.1) is 0 Å². The summed E-state index contributed by atoms with van der Waals surface area (Å²) in [4.78, 5) is 26.6. The highest BCUT2D eigenvalue weighted by Gasteiger charge is 2.47. The van der Waals surface area contributed by atoms with Crippen LogP contribution in [0.5, 0.6) is 0 Å². The Kier molecular flexibility index (Phi) is 53.2. The molecule has 81 heavy (non-hydrogen) atoms. The topological polar surface area (TPSA) is 175 Å². The van der Waals surface area contributed by atoms with Crippen LogP contribution in [0.25, 0.3) is 0 Å². The highest BCUT2D eigenvalue weighted by molar-refractivity contribution is 5.80. The van der Waals surface area contributed by atoms with Crippen molar-refractivity contribution in [3.63, 3.8) is 0 Å². The molecule has 11 nitrogen and oxygen atoms in total. The molecule has 466 valence electrons. The van der Waals surface area contributed by atoms with E-state index in [1.54, 1.807) is 6.08 Å². The van der Waals surface area contributed by atoms with Crippen LogP contribution < -0.4 is 5.32 Å². The number of amides is 1. The molecule has 11 heteroatoms. The van der Waals surface area contributed by atoms with Crippen molar-refractivity contribution in [1.82, 2.24) is 5.32 Å². The molecule has 0 bridgehead atoms. The first-order valence-corrected chi connectivity index (χ1v) is 33.0. The second-order valence-electron chi connectivity index (χ2n) is 22.5. The van der Waals surface area contributed by atoms with E-state index >= 15 is 0 Å². The number of carbonyl (C=O) groups excluding carboxylic acids is 2. The van der Waals surface area contributed by atoms with Crippen molar-refractivity contribution in [2.24, 2.45) is 0 Å². The van der Waals surface area contributed by atoms with E-state index in [0.717, 1.165) is 89.9 Å². The Morgan fingerprint density at radius 2 is 0.852 bits per heavy atom. The van der Waals surface area contributed by atoms with Gasteiger partial charge in [-0.2, -0.15) is 0 Å². The van der Waals surface area contributed by atoms with Crippen LogP contribution in [0.1, 0.15) is 271 Å². The lowest BCUT2D eigenvalue weighted by Crippen LogP contribution is -2.61. The SMILES string of the molecule is CCCCC/C=C\C/C=C\C/C=C\C/C=C\CCC(O)C(=O)NC(COC1OC(CO)C(O)C(O)C1OC(=O)CCCCCCCCCCCCCC/C=C\C/C=C\C/C=C\CCCCC)C(O)/C=C/CCCCCCCCCCC. The summed E-state index contributed by atoms with van der Waals surface area (Å²) in [7, 11) is 0. The van der Waals surface area contributed by atoms with Crippen molar-refractivity contribution in [3.8, 4) is 0 Å². The number of unbranched alkanes of at least 4 members (excludes halogenated alkanes) is 27. The maximum absolute atomic E-state index is 13.4. The van der Waals surface area contributed by atoms with Crippen LogP contribution in [0.15, 0.2) is 97.2 Å². The Hall–Kier alpha value is -3.42. The smallest absolute Gasteiger partial charge is 0.306 e. The van der Waals surface area contributed by atoms with Crippen LogP contribution in [0.4, 0.5) is 0 Å². The third-order valence-electron chi connectivity index (χ3n) is 15.0. The molecule has 0 aliphatic carbocycles. The van der Waals surface area contributed by atoms with Gasteiger partial charge < -0.3 is 45.1 Å². The van der Waals surface area contributed by atoms with E-state index in [2.05, 4.69) is 99.0 Å². The maximum Gasteiger partial charge on any atom is 0.306 e. The van der Waals surface area contributed by atoms with E-state index in [-0.39, 0.29) is 19.4 Å². The van der Waals surface area contributed by atoms with E-state index in [9.17, 15) is 35.1 Å². The normalized spacial score (nSPS) is 19.3. The zero-order valence-corrected chi connectivity index (χ0v) is 51.6. The molecule has 1 amide bonds. The fourth-order valence-corrected chi connectivity index (χ4v) is 9.71. The van der Waals surface area contributed by atoms with Crippen LogP contribution >= 0.6 is 0 Å². The zero-order chi connectivity index (χ0) is 58.9. The number of allylic oxidation sites excluding steroid dienone is 15. The molecule has 1 aliphatic rings. The number of ether oxygens (including phenoxy) is 3. The van der Waals surface area contributed by atoms with Crippen molar-refractivity contribution in [2.45, 2.75) is 320 Å². The molecule has 0 saturated carbocycles. The fourth-order valence-electron chi connectivity index (χ4n) is 9.71.